The number of carbonyl (C=O) groups is 4. The summed E-state index contributed by atoms with van der Waals surface area (Å²) in [6, 6.07) is -1.16. The van der Waals surface area contributed by atoms with Crippen LogP contribution < -0.4 is 0 Å². The number of Topliss-reactive ketones (excluding diaryl/α,β-unsaturated/α-hetero) is 2. The molecule has 324 valence electrons. The van der Waals surface area contributed by atoms with Gasteiger partial charge in [-0.15, -0.1) is 0 Å². The van der Waals surface area contributed by atoms with Gasteiger partial charge in [-0.25, -0.2) is 4.79 Å². The van der Waals surface area contributed by atoms with Gasteiger partial charge in [-0.05, 0) is 95.5 Å². The number of cyclic esters (lactones) is 1. The highest BCUT2D eigenvalue weighted by molar-refractivity contribution is 6.39. The van der Waals surface area contributed by atoms with Crippen LogP contribution >= 0.6 is 0 Å². The molecule has 4 rings (SSSR count). The van der Waals surface area contributed by atoms with Gasteiger partial charge in [-0.3, -0.25) is 14.4 Å². The molecule has 14 atom stereocenters. The molecular weight excluding hydrogens is 738 g/mol. The maximum Gasteiger partial charge on any atom is 0.329 e. The smallest absolute Gasteiger partial charge is 0.329 e. The van der Waals surface area contributed by atoms with Gasteiger partial charge < -0.3 is 49.0 Å². The zero-order valence-corrected chi connectivity index (χ0v) is 35.3. The van der Waals surface area contributed by atoms with E-state index in [0.717, 1.165) is 5.57 Å². The number of nitrogens with zero attached hydrogens (tertiary/aromatic N) is 1. The lowest BCUT2D eigenvalue weighted by Gasteiger charge is -2.47. The highest BCUT2D eigenvalue weighted by atomic mass is 16.7. The molecule has 1 amide bonds. The maximum absolute atomic E-state index is 14.3. The number of amides is 1. The fraction of sp³-hybridized carbons (Fsp3) is 0.814. The number of allylic oxidation sites excluding steroid dienone is 3. The molecule has 14 nitrogen and oxygen atoms in total. The van der Waals surface area contributed by atoms with Crippen LogP contribution in [0.5, 0.6) is 0 Å². The molecule has 3 aliphatic heterocycles. The number of hydrogen-bond donors (Lipinski definition) is 4. The van der Waals surface area contributed by atoms with Crippen LogP contribution in [0, 0.1) is 29.6 Å². The molecule has 3 fully saturated rings. The number of aliphatic hydroxyl groups excluding tert-OH is 3. The fourth-order valence-electron chi connectivity index (χ4n) is 9.43. The predicted molar refractivity (Wildman–Crippen MR) is 209 cm³/mol. The van der Waals surface area contributed by atoms with Crippen molar-refractivity contribution in [1.29, 1.82) is 0 Å². The van der Waals surface area contributed by atoms with E-state index in [1.807, 2.05) is 26.0 Å². The van der Waals surface area contributed by atoms with E-state index < -0.39 is 83.9 Å². The molecule has 0 aromatic heterocycles. The third-order valence-corrected chi connectivity index (χ3v) is 12.9. The molecule has 0 radical (unpaired) electrons. The first-order valence-corrected chi connectivity index (χ1v) is 20.9. The van der Waals surface area contributed by atoms with Crippen LogP contribution in [0.15, 0.2) is 23.3 Å². The molecule has 0 aromatic rings. The Morgan fingerprint density at radius 2 is 1.58 bits per heavy atom. The highest BCUT2D eigenvalue weighted by Crippen LogP contribution is 2.39. The number of methoxy groups -OCH3 is 3. The molecule has 4 N–H and O–H groups in total. The topological polar surface area (TPSA) is 199 Å². The van der Waals surface area contributed by atoms with Gasteiger partial charge in [0.05, 0.1) is 30.5 Å². The van der Waals surface area contributed by atoms with Gasteiger partial charge in [0.1, 0.15) is 24.0 Å². The van der Waals surface area contributed by atoms with E-state index in [1.165, 1.54) is 19.1 Å². The van der Waals surface area contributed by atoms with E-state index in [4.69, 9.17) is 23.7 Å². The van der Waals surface area contributed by atoms with Crippen molar-refractivity contribution in [2.75, 3.05) is 34.5 Å². The van der Waals surface area contributed by atoms with Crippen molar-refractivity contribution in [1.82, 2.24) is 4.90 Å². The minimum atomic E-state index is -2.52. The maximum atomic E-state index is 14.3. The van der Waals surface area contributed by atoms with Gasteiger partial charge in [0, 0.05) is 58.7 Å². The lowest BCUT2D eigenvalue weighted by molar-refractivity contribution is -0.302. The summed E-state index contributed by atoms with van der Waals surface area (Å²) in [5.41, 5.74) is 1.52. The Balaban J connectivity index is 1.77. The molecule has 4 aliphatic rings. The Bertz CT molecular complexity index is 1450. The monoisotopic (exact) mass is 807 g/mol. The van der Waals surface area contributed by atoms with Crippen LogP contribution in [0.25, 0.3) is 0 Å². The summed E-state index contributed by atoms with van der Waals surface area (Å²) in [6.45, 7) is 8.87. The molecule has 1 saturated carbocycles. The van der Waals surface area contributed by atoms with Crippen molar-refractivity contribution in [2.24, 2.45) is 29.6 Å². The van der Waals surface area contributed by atoms with Crippen LogP contribution in [0.2, 0.25) is 0 Å². The Morgan fingerprint density at radius 1 is 0.912 bits per heavy atom. The molecule has 1 aliphatic carbocycles. The standard InChI is InChI=1S/C43H69NO13/c1-24-17-25(2)19-36(54-7)39-37(55-8)21-27(4)43(52,57-39)40(49)41(50)44-15-10-9-11-31(44)42(51)56-38(26(3)20-29-12-13-32(46)35(22-29)53-6)28(5)33(47)23-34(48)30(18-24)14-16-45/h18,20,25,27-33,35-39,45-47,52H,9-17,19,21-23H2,1-8H3/b24-18+,26-20+/t25-,27+,28+,29-,30+,31-,32+,33-,35+,36-,37-,38+,39+,43+/m0/s1. The summed E-state index contributed by atoms with van der Waals surface area (Å²) < 4.78 is 29.7. The molecule has 0 aromatic carbocycles. The molecular formula is C43H69NO13. The second kappa shape index (κ2) is 21.1. The minimum Gasteiger partial charge on any atom is -0.456 e. The average Bonchev–Trinajstić information content (AvgIpc) is 3.18. The quantitative estimate of drug-likeness (QED) is 0.166. The number of carbonyl (C=O) groups excluding carboxylic acids is 4. The molecule has 3 heterocycles. The summed E-state index contributed by atoms with van der Waals surface area (Å²) in [4.78, 5) is 57.7. The zero-order chi connectivity index (χ0) is 42.2. The SMILES string of the molecule is CO[C@H]1C[C@@H](C)C/C(C)=C/[C@@H](CCO)C(=O)C[C@H](O)[C@@H](C)[C@@H](/C(C)=C/[C@@H]2CC[C@@H](O)[C@H](OC)C2)OC(=O)[C@@H]2CCCCN2C(=O)C(=O)[C@]2(O)O[C@H]1[C@@H](OC)C[C@H]2C. The Hall–Kier alpha value is -2.56. The van der Waals surface area contributed by atoms with E-state index in [1.54, 1.807) is 27.9 Å². The first-order chi connectivity index (χ1) is 27.0. The fourth-order valence-corrected chi connectivity index (χ4v) is 9.43. The van der Waals surface area contributed by atoms with Crippen LogP contribution in [-0.2, 0) is 42.9 Å². The second-order valence-electron chi connectivity index (χ2n) is 17.3. The number of aliphatic hydroxyl groups is 4. The van der Waals surface area contributed by atoms with Crippen molar-refractivity contribution < 1.29 is 63.3 Å². The summed E-state index contributed by atoms with van der Waals surface area (Å²) in [5, 5.41) is 44.0. The van der Waals surface area contributed by atoms with Gasteiger partial charge in [-0.2, -0.15) is 0 Å². The number of ether oxygens (including phenoxy) is 5. The van der Waals surface area contributed by atoms with Gasteiger partial charge in [0.15, 0.2) is 0 Å². The van der Waals surface area contributed by atoms with E-state index in [-0.39, 0.29) is 62.6 Å². The number of rotatable bonds is 7. The molecule has 0 unspecified atom stereocenters. The third kappa shape index (κ3) is 11.4. The Morgan fingerprint density at radius 3 is 2.23 bits per heavy atom. The van der Waals surface area contributed by atoms with Crippen molar-refractivity contribution in [3.8, 4) is 0 Å². The van der Waals surface area contributed by atoms with E-state index in [9.17, 15) is 39.6 Å². The van der Waals surface area contributed by atoms with Gasteiger partial charge in [0.25, 0.3) is 11.7 Å². The summed E-state index contributed by atoms with van der Waals surface area (Å²) in [7, 11) is 4.57. The third-order valence-electron chi connectivity index (χ3n) is 12.9. The molecule has 2 bridgehead atoms. The normalized spacial score (nSPS) is 41.1. The van der Waals surface area contributed by atoms with E-state index in [0.29, 0.717) is 50.5 Å². The summed E-state index contributed by atoms with van der Waals surface area (Å²) >= 11 is 0. The number of piperidine rings is 1. The predicted octanol–water partition coefficient (Wildman–Crippen LogP) is 3.45. The Kier molecular flexibility index (Phi) is 17.4. The largest absolute Gasteiger partial charge is 0.456 e. The van der Waals surface area contributed by atoms with Crippen LogP contribution in [0.1, 0.15) is 105 Å². The van der Waals surface area contributed by atoms with Crippen molar-refractivity contribution in [2.45, 2.75) is 160 Å². The zero-order valence-electron chi connectivity index (χ0n) is 35.3. The van der Waals surface area contributed by atoms with Crippen LogP contribution in [0.4, 0.5) is 0 Å². The average molecular weight is 808 g/mol. The van der Waals surface area contributed by atoms with Crippen LogP contribution in [-0.4, -0.2) is 138 Å². The van der Waals surface area contributed by atoms with Crippen molar-refractivity contribution in [3.05, 3.63) is 23.3 Å². The molecule has 0 spiro atoms. The van der Waals surface area contributed by atoms with Crippen LogP contribution in [0.3, 0.4) is 0 Å². The second-order valence-corrected chi connectivity index (χ2v) is 17.3. The minimum absolute atomic E-state index is 0.0268. The number of esters is 1. The summed E-state index contributed by atoms with van der Waals surface area (Å²) in [6.07, 6.45) is 2.53. The first kappa shape index (κ1) is 47.1. The van der Waals surface area contributed by atoms with E-state index >= 15 is 0 Å². The first-order valence-electron chi connectivity index (χ1n) is 20.9. The lowest BCUT2D eigenvalue weighted by atomic mass is 9.81. The molecule has 2 saturated heterocycles. The van der Waals surface area contributed by atoms with Crippen molar-refractivity contribution in [3.63, 3.8) is 0 Å². The number of ketones is 2. The van der Waals surface area contributed by atoms with E-state index in [2.05, 4.69) is 0 Å². The lowest BCUT2D eigenvalue weighted by Crippen LogP contribution is -2.64. The van der Waals surface area contributed by atoms with Gasteiger partial charge in [0.2, 0.25) is 5.79 Å². The van der Waals surface area contributed by atoms with Gasteiger partial charge >= 0.3 is 5.97 Å². The highest BCUT2D eigenvalue weighted by Gasteiger charge is 2.56. The van der Waals surface area contributed by atoms with Crippen molar-refractivity contribution >= 4 is 23.4 Å². The number of hydrogen-bond acceptors (Lipinski definition) is 13. The Labute approximate surface area is 338 Å². The molecule has 57 heavy (non-hydrogen) atoms. The summed E-state index contributed by atoms with van der Waals surface area (Å²) in [5.74, 6) is -8.14. The van der Waals surface area contributed by atoms with Gasteiger partial charge in [-0.1, -0.05) is 38.5 Å². The molecule has 14 heteroatoms. The number of fused-ring (bicyclic) bond motifs is 3.